The fourth-order valence-electron chi connectivity index (χ4n) is 2.49. The summed E-state index contributed by atoms with van der Waals surface area (Å²) in [5.41, 5.74) is 3.44. The van der Waals surface area contributed by atoms with Crippen LogP contribution in [0.1, 0.15) is 17.0 Å². The molecular weight excluding hydrogens is 318 g/mol. The minimum Gasteiger partial charge on any atom is -0.485 e. The Morgan fingerprint density at radius 3 is 2.60 bits per heavy atom. The summed E-state index contributed by atoms with van der Waals surface area (Å²) in [6.45, 7) is 2.52. The highest BCUT2D eigenvalue weighted by Crippen LogP contribution is 2.23. The van der Waals surface area contributed by atoms with Crippen molar-refractivity contribution >= 4 is 11.7 Å². The first-order chi connectivity index (χ1) is 12.1. The van der Waals surface area contributed by atoms with Gasteiger partial charge in [-0.2, -0.15) is 0 Å². The Hall–Kier alpha value is -3.02. The van der Waals surface area contributed by atoms with Crippen LogP contribution in [0.3, 0.4) is 0 Å². The van der Waals surface area contributed by atoms with E-state index in [0.717, 1.165) is 17.0 Å². The van der Waals surface area contributed by atoms with Crippen molar-refractivity contribution in [1.82, 2.24) is 14.3 Å². The van der Waals surface area contributed by atoms with E-state index in [1.165, 1.54) is 4.90 Å². The van der Waals surface area contributed by atoms with Crippen molar-refractivity contribution in [2.45, 2.75) is 20.1 Å². The first kappa shape index (κ1) is 16.8. The van der Waals surface area contributed by atoms with E-state index in [0.29, 0.717) is 18.0 Å². The number of imidazole rings is 1. The topological polar surface area (TPSA) is 56.1 Å². The van der Waals surface area contributed by atoms with Crippen LogP contribution in [-0.2, 0) is 18.0 Å². The van der Waals surface area contributed by atoms with Gasteiger partial charge in [-0.1, -0.05) is 30.3 Å². The highest BCUT2D eigenvalue weighted by molar-refractivity contribution is 5.66. The average molecular weight is 339 g/mol. The molecule has 0 saturated heterocycles. The maximum Gasteiger partial charge on any atom is 0.409 e. The lowest BCUT2D eigenvalue weighted by molar-refractivity contribution is 0.110. The number of aromatic nitrogens is 2. The van der Waals surface area contributed by atoms with E-state index in [1.807, 2.05) is 60.0 Å². The van der Waals surface area contributed by atoms with Crippen molar-refractivity contribution in [2.24, 2.45) is 0 Å². The maximum atomic E-state index is 11.7. The molecule has 0 N–H and O–H groups in total. The molecule has 0 bridgehead atoms. The zero-order valence-electron chi connectivity index (χ0n) is 14.6. The lowest BCUT2D eigenvalue weighted by Crippen LogP contribution is -2.22. The average Bonchev–Trinajstić information content (AvgIpc) is 2.94. The zero-order valence-corrected chi connectivity index (χ0v) is 14.6. The number of hydrogen-bond acceptors (Lipinski definition) is 4. The van der Waals surface area contributed by atoms with Crippen molar-refractivity contribution in [3.8, 4) is 5.75 Å². The Morgan fingerprint density at radius 2 is 1.88 bits per heavy atom. The summed E-state index contributed by atoms with van der Waals surface area (Å²) in [6.07, 6.45) is 1.51. The molecule has 130 valence electrons. The molecule has 0 aliphatic carbocycles. The summed E-state index contributed by atoms with van der Waals surface area (Å²) in [7, 11) is 3.30. The van der Waals surface area contributed by atoms with Gasteiger partial charge in [-0.3, -0.25) is 4.40 Å². The number of ether oxygens (including phenoxy) is 2. The number of benzene rings is 1. The van der Waals surface area contributed by atoms with Crippen molar-refractivity contribution in [3.05, 3.63) is 65.6 Å². The van der Waals surface area contributed by atoms with Crippen LogP contribution in [-0.4, -0.2) is 34.5 Å². The number of carbonyl (C=O) groups is 1. The van der Waals surface area contributed by atoms with Gasteiger partial charge in [-0.05, 0) is 24.6 Å². The smallest absolute Gasteiger partial charge is 0.409 e. The van der Waals surface area contributed by atoms with Gasteiger partial charge in [0.05, 0.1) is 11.4 Å². The molecule has 0 fully saturated rings. The SMILES string of the molecule is Cc1nc2c(OCc3ccccc3)cccn2c1COC(=O)N(C)C. The second-order valence-corrected chi connectivity index (χ2v) is 5.93. The summed E-state index contributed by atoms with van der Waals surface area (Å²) in [5, 5.41) is 0. The van der Waals surface area contributed by atoms with Gasteiger partial charge >= 0.3 is 6.09 Å². The van der Waals surface area contributed by atoms with E-state index in [1.54, 1.807) is 14.1 Å². The summed E-state index contributed by atoms with van der Waals surface area (Å²) >= 11 is 0. The fourth-order valence-corrected chi connectivity index (χ4v) is 2.49. The number of nitrogens with zero attached hydrogens (tertiary/aromatic N) is 3. The molecule has 0 saturated carbocycles. The monoisotopic (exact) mass is 339 g/mol. The number of amides is 1. The highest BCUT2D eigenvalue weighted by Gasteiger charge is 2.15. The summed E-state index contributed by atoms with van der Waals surface area (Å²) < 4.78 is 13.1. The van der Waals surface area contributed by atoms with E-state index >= 15 is 0 Å². The molecule has 3 aromatic rings. The maximum absolute atomic E-state index is 11.7. The molecular formula is C19H21N3O3. The third-order valence-electron chi connectivity index (χ3n) is 3.85. The van der Waals surface area contributed by atoms with E-state index in [4.69, 9.17) is 9.47 Å². The number of aryl methyl sites for hydroxylation is 1. The Labute approximate surface area is 146 Å². The van der Waals surface area contributed by atoms with Crippen LogP contribution in [0.5, 0.6) is 5.75 Å². The molecule has 0 unspecified atom stereocenters. The van der Waals surface area contributed by atoms with E-state index in [9.17, 15) is 4.79 Å². The molecule has 0 atom stereocenters. The van der Waals surface area contributed by atoms with Gasteiger partial charge in [-0.15, -0.1) is 0 Å². The van der Waals surface area contributed by atoms with Gasteiger partial charge in [0.2, 0.25) is 0 Å². The fraction of sp³-hybridized carbons (Fsp3) is 0.263. The Bertz CT molecular complexity index is 872. The number of hydrogen-bond donors (Lipinski definition) is 0. The summed E-state index contributed by atoms with van der Waals surface area (Å²) in [6, 6.07) is 13.8. The molecule has 0 aliphatic rings. The van der Waals surface area contributed by atoms with Crippen molar-refractivity contribution in [3.63, 3.8) is 0 Å². The predicted molar refractivity (Wildman–Crippen MR) is 94.6 cm³/mol. The molecule has 0 radical (unpaired) electrons. The van der Waals surface area contributed by atoms with Gasteiger partial charge in [0, 0.05) is 20.3 Å². The van der Waals surface area contributed by atoms with Crippen LogP contribution in [0.15, 0.2) is 48.7 Å². The summed E-state index contributed by atoms with van der Waals surface area (Å²) in [4.78, 5) is 17.6. The van der Waals surface area contributed by atoms with Crippen LogP contribution >= 0.6 is 0 Å². The number of carbonyl (C=O) groups excluding carboxylic acids is 1. The minimum absolute atomic E-state index is 0.159. The first-order valence-electron chi connectivity index (χ1n) is 8.03. The third-order valence-corrected chi connectivity index (χ3v) is 3.85. The normalized spacial score (nSPS) is 10.7. The summed E-state index contributed by atoms with van der Waals surface area (Å²) in [5.74, 6) is 0.694. The lowest BCUT2D eigenvalue weighted by atomic mass is 10.2. The van der Waals surface area contributed by atoms with Crippen LogP contribution < -0.4 is 4.74 Å². The van der Waals surface area contributed by atoms with E-state index in [-0.39, 0.29) is 12.7 Å². The molecule has 25 heavy (non-hydrogen) atoms. The van der Waals surface area contributed by atoms with Crippen LogP contribution in [0, 0.1) is 6.92 Å². The molecule has 3 rings (SSSR count). The third kappa shape index (κ3) is 3.74. The highest BCUT2D eigenvalue weighted by atomic mass is 16.6. The van der Waals surface area contributed by atoms with Crippen LogP contribution in [0.25, 0.3) is 5.65 Å². The molecule has 0 spiro atoms. The molecule has 2 aromatic heterocycles. The van der Waals surface area contributed by atoms with Crippen molar-refractivity contribution in [2.75, 3.05) is 14.1 Å². The van der Waals surface area contributed by atoms with Gasteiger partial charge in [0.15, 0.2) is 11.4 Å². The van der Waals surface area contributed by atoms with Crippen LogP contribution in [0.2, 0.25) is 0 Å². The quantitative estimate of drug-likeness (QED) is 0.715. The molecule has 2 heterocycles. The van der Waals surface area contributed by atoms with E-state index < -0.39 is 0 Å². The van der Waals surface area contributed by atoms with Crippen molar-refractivity contribution in [1.29, 1.82) is 0 Å². The largest absolute Gasteiger partial charge is 0.485 e. The van der Waals surface area contributed by atoms with Crippen LogP contribution in [0.4, 0.5) is 4.79 Å². The van der Waals surface area contributed by atoms with E-state index in [2.05, 4.69) is 4.98 Å². The number of rotatable bonds is 5. The molecule has 1 amide bonds. The number of pyridine rings is 1. The standard InChI is InChI=1S/C19H21N3O3/c1-14-16(13-25-19(23)21(2)3)22-11-7-10-17(18(22)20-14)24-12-15-8-5-4-6-9-15/h4-11H,12-13H2,1-3H3. The van der Waals surface area contributed by atoms with Crippen molar-refractivity contribution < 1.29 is 14.3 Å². The van der Waals surface area contributed by atoms with Gasteiger partial charge < -0.3 is 14.4 Å². The Morgan fingerprint density at radius 1 is 1.12 bits per heavy atom. The molecule has 0 aliphatic heterocycles. The molecule has 6 nitrogen and oxygen atoms in total. The first-order valence-corrected chi connectivity index (χ1v) is 8.03. The van der Waals surface area contributed by atoms with Gasteiger partial charge in [-0.25, -0.2) is 9.78 Å². The Kier molecular flexibility index (Phi) is 4.88. The van der Waals surface area contributed by atoms with Gasteiger partial charge in [0.25, 0.3) is 0 Å². The molecule has 1 aromatic carbocycles. The van der Waals surface area contributed by atoms with Gasteiger partial charge in [0.1, 0.15) is 13.2 Å². The second kappa shape index (κ2) is 7.25. The number of fused-ring (bicyclic) bond motifs is 1. The Balaban J connectivity index is 1.82. The predicted octanol–water partition coefficient (Wildman–Crippen LogP) is 3.42. The second-order valence-electron chi connectivity index (χ2n) is 5.93. The molecule has 6 heteroatoms. The zero-order chi connectivity index (χ0) is 17.8. The minimum atomic E-state index is -0.383. The lowest BCUT2D eigenvalue weighted by Gasteiger charge is -2.11.